The molecule has 1 aromatic carbocycles. The molecule has 0 bridgehead atoms. The van der Waals surface area contributed by atoms with Crippen LogP contribution in [-0.2, 0) is 0 Å². The number of ether oxygens (including phenoxy) is 1. The molecule has 0 saturated heterocycles. The van der Waals surface area contributed by atoms with Gasteiger partial charge in [-0.3, -0.25) is 4.98 Å². The van der Waals surface area contributed by atoms with Crippen LogP contribution in [0, 0.1) is 0 Å². The minimum Gasteiger partial charge on any atom is -0.482 e. The summed E-state index contributed by atoms with van der Waals surface area (Å²) in [5.41, 5.74) is 5.29. The number of carbonyl (C=O) groups excluding carboxylic acids is 1. The quantitative estimate of drug-likeness (QED) is 0.911. The highest BCUT2D eigenvalue weighted by atomic mass is 35.5. The number of hydrogen-bond acceptors (Lipinski definition) is 3. The number of rotatable bonds is 3. The van der Waals surface area contributed by atoms with Crippen molar-refractivity contribution in [2.24, 2.45) is 5.73 Å². The first kappa shape index (κ1) is 15.2. The van der Waals surface area contributed by atoms with Gasteiger partial charge in [0.25, 0.3) is 0 Å². The van der Waals surface area contributed by atoms with Gasteiger partial charge in [-0.25, -0.2) is 4.79 Å². The number of anilines is 1. The Balaban J connectivity index is 2.42. The number of para-hydroxylation sites is 1. The van der Waals surface area contributed by atoms with Gasteiger partial charge in [0.15, 0.2) is 6.61 Å². The Morgan fingerprint density at radius 1 is 1.43 bits per heavy atom. The molecule has 3 N–H and O–H groups in total. The first-order valence-corrected chi connectivity index (χ1v) is 5.99. The molecular formula is C12H9ClF3N3O2. The van der Waals surface area contributed by atoms with Crippen molar-refractivity contribution in [1.82, 2.24) is 4.98 Å². The molecule has 0 radical (unpaired) electrons. The van der Waals surface area contributed by atoms with E-state index in [1.165, 1.54) is 24.4 Å². The minimum absolute atomic E-state index is 0.0580. The van der Waals surface area contributed by atoms with Crippen LogP contribution in [-0.4, -0.2) is 23.8 Å². The lowest BCUT2D eigenvalue weighted by molar-refractivity contribution is -0.153. The predicted molar refractivity (Wildman–Crippen MR) is 71.5 cm³/mol. The van der Waals surface area contributed by atoms with E-state index in [0.717, 1.165) is 0 Å². The number of aromatic nitrogens is 1. The van der Waals surface area contributed by atoms with Crippen molar-refractivity contribution in [3.8, 4) is 5.75 Å². The Bertz CT molecular complexity index is 691. The van der Waals surface area contributed by atoms with E-state index in [1.807, 2.05) is 0 Å². The summed E-state index contributed by atoms with van der Waals surface area (Å²) in [4.78, 5) is 14.8. The molecular weight excluding hydrogens is 311 g/mol. The Morgan fingerprint density at radius 3 is 2.76 bits per heavy atom. The van der Waals surface area contributed by atoms with E-state index in [-0.39, 0.29) is 22.0 Å². The molecule has 1 heterocycles. The van der Waals surface area contributed by atoms with E-state index in [1.54, 1.807) is 0 Å². The third-order valence-corrected chi connectivity index (χ3v) is 2.85. The number of amides is 2. The number of urea groups is 1. The van der Waals surface area contributed by atoms with Crippen LogP contribution in [0.2, 0.25) is 5.02 Å². The Hall–Kier alpha value is -2.22. The third kappa shape index (κ3) is 3.66. The van der Waals surface area contributed by atoms with Crippen molar-refractivity contribution >= 4 is 34.2 Å². The standard InChI is InChI=1S/C12H9ClF3N3O2/c13-9-6-2-1-3-8(21-5-12(14,15)16)10(6)18-4-7(9)19-11(17)20/h1-4H,5H2,(H3,17,19,20). The fourth-order valence-electron chi connectivity index (χ4n) is 1.66. The highest BCUT2D eigenvalue weighted by Gasteiger charge is 2.28. The van der Waals surface area contributed by atoms with Crippen LogP contribution in [0.15, 0.2) is 24.4 Å². The van der Waals surface area contributed by atoms with Gasteiger partial charge in [-0.1, -0.05) is 23.7 Å². The van der Waals surface area contributed by atoms with Crippen LogP contribution in [0.1, 0.15) is 0 Å². The van der Waals surface area contributed by atoms with E-state index in [0.29, 0.717) is 5.39 Å². The van der Waals surface area contributed by atoms with Crippen molar-refractivity contribution in [2.45, 2.75) is 6.18 Å². The van der Waals surface area contributed by atoms with E-state index < -0.39 is 18.8 Å². The highest BCUT2D eigenvalue weighted by Crippen LogP contribution is 2.34. The molecule has 0 aliphatic heterocycles. The van der Waals surface area contributed by atoms with Gasteiger partial charge in [-0.2, -0.15) is 13.2 Å². The molecule has 0 unspecified atom stereocenters. The monoisotopic (exact) mass is 319 g/mol. The van der Waals surface area contributed by atoms with Crippen LogP contribution in [0.3, 0.4) is 0 Å². The van der Waals surface area contributed by atoms with Crippen LogP contribution in [0.4, 0.5) is 23.7 Å². The van der Waals surface area contributed by atoms with E-state index >= 15 is 0 Å². The summed E-state index contributed by atoms with van der Waals surface area (Å²) in [6, 6.07) is 3.52. The zero-order valence-corrected chi connectivity index (χ0v) is 11.1. The van der Waals surface area contributed by atoms with E-state index in [2.05, 4.69) is 10.3 Å². The minimum atomic E-state index is -4.46. The maximum atomic E-state index is 12.2. The lowest BCUT2D eigenvalue weighted by Gasteiger charge is -2.12. The van der Waals surface area contributed by atoms with Gasteiger partial charge in [-0.05, 0) is 6.07 Å². The fraction of sp³-hybridized carbons (Fsp3) is 0.167. The smallest absolute Gasteiger partial charge is 0.422 e. The molecule has 2 aromatic rings. The normalized spacial score (nSPS) is 11.4. The number of hydrogen-bond donors (Lipinski definition) is 2. The van der Waals surface area contributed by atoms with Crippen molar-refractivity contribution in [3.63, 3.8) is 0 Å². The Labute approximate surface area is 121 Å². The molecule has 5 nitrogen and oxygen atoms in total. The summed E-state index contributed by atoms with van der Waals surface area (Å²) in [6.07, 6.45) is -3.27. The third-order valence-electron chi connectivity index (χ3n) is 2.44. The number of pyridine rings is 1. The number of nitrogens with zero attached hydrogens (tertiary/aromatic N) is 1. The van der Waals surface area contributed by atoms with E-state index in [9.17, 15) is 18.0 Å². The number of nitrogens with two attached hydrogens (primary N) is 1. The number of nitrogens with one attached hydrogen (secondary N) is 1. The zero-order valence-electron chi connectivity index (χ0n) is 10.4. The molecule has 0 spiro atoms. The number of carbonyl (C=O) groups is 1. The SMILES string of the molecule is NC(=O)Nc1cnc2c(OCC(F)(F)F)cccc2c1Cl. The van der Waals surface area contributed by atoms with Crippen LogP contribution in [0.5, 0.6) is 5.75 Å². The average Bonchev–Trinajstić information content (AvgIpc) is 2.38. The molecule has 0 aliphatic carbocycles. The molecule has 2 amide bonds. The molecule has 112 valence electrons. The van der Waals surface area contributed by atoms with Gasteiger partial charge < -0.3 is 15.8 Å². The van der Waals surface area contributed by atoms with Gasteiger partial charge >= 0.3 is 12.2 Å². The first-order valence-electron chi connectivity index (χ1n) is 5.61. The Morgan fingerprint density at radius 2 is 2.14 bits per heavy atom. The van der Waals surface area contributed by atoms with E-state index in [4.69, 9.17) is 22.1 Å². The van der Waals surface area contributed by atoms with Crippen molar-refractivity contribution < 1.29 is 22.7 Å². The molecule has 0 atom stereocenters. The molecule has 2 rings (SSSR count). The lowest BCUT2D eigenvalue weighted by atomic mass is 10.2. The van der Waals surface area contributed by atoms with Crippen LogP contribution in [0.25, 0.3) is 10.9 Å². The van der Waals surface area contributed by atoms with Crippen LogP contribution >= 0.6 is 11.6 Å². The van der Waals surface area contributed by atoms with Gasteiger partial charge in [0.1, 0.15) is 11.3 Å². The van der Waals surface area contributed by atoms with Gasteiger partial charge in [0.2, 0.25) is 0 Å². The number of primary amides is 1. The van der Waals surface area contributed by atoms with Gasteiger partial charge in [-0.15, -0.1) is 0 Å². The molecule has 9 heteroatoms. The summed E-state index contributed by atoms with van der Waals surface area (Å²) in [6.45, 7) is -1.44. The number of halogens is 4. The number of benzene rings is 1. The second kappa shape index (κ2) is 5.65. The Kier molecular flexibility index (Phi) is 4.08. The highest BCUT2D eigenvalue weighted by molar-refractivity contribution is 6.38. The molecule has 1 aromatic heterocycles. The lowest BCUT2D eigenvalue weighted by Crippen LogP contribution is -2.20. The van der Waals surface area contributed by atoms with Gasteiger partial charge in [0.05, 0.1) is 16.9 Å². The van der Waals surface area contributed by atoms with Crippen molar-refractivity contribution in [1.29, 1.82) is 0 Å². The molecule has 0 aliphatic rings. The van der Waals surface area contributed by atoms with Gasteiger partial charge in [0, 0.05) is 5.39 Å². The molecule has 0 fully saturated rings. The summed E-state index contributed by atoms with van der Waals surface area (Å²) in [5, 5.41) is 2.71. The predicted octanol–water partition coefficient (Wildman–Crippen LogP) is 3.32. The first-order chi connectivity index (χ1) is 9.78. The van der Waals surface area contributed by atoms with Crippen molar-refractivity contribution in [3.05, 3.63) is 29.4 Å². The fourth-order valence-corrected chi connectivity index (χ4v) is 1.91. The maximum absolute atomic E-state index is 12.2. The second-order valence-electron chi connectivity index (χ2n) is 4.03. The maximum Gasteiger partial charge on any atom is 0.422 e. The summed E-state index contributed by atoms with van der Waals surface area (Å²) >= 11 is 6.06. The number of alkyl halides is 3. The summed E-state index contributed by atoms with van der Waals surface area (Å²) in [5.74, 6) is -0.0580. The summed E-state index contributed by atoms with van der Waals surface area (Å²) in [7, 11) is 0. The largest absolute Gasteiger partial charge is 0.482 e. The molecule has 21 heavy (non-hydrogen) atoms. The number of fused-ring (bicyclic) bond motifs is 1. The second-order valence-corrected chi connectivity index (χ2v) is 4.41. The van der Waals surface area contributed by atoms with Crippen LogP contribution < -0.4 is 15.8 Å². The summed E-state index contributed by atoms with van der Waals surface area (Å²) < 4.78 is 41.3. The molecule has 0 saturated carbocycles. The topological polar surface area (TPSA) is 77.2 Å². The zero-order chi connectivity index (χ0) is 15.6. The average molecular weight is 320 g/mol. The van der Waals surface area contributed by atoms with Crippen molar-refractivity contribution in [2.75, 3.05) is 11.9 Å².